The second-order valence-corrected chi connectivity index (χ2v) is 10.3. The Morgan fingerprint density at radius 2 is 2.00 bits per heavy atom. The van der Waals surface area contributed by atoms with Gasteiger partial charge in [0.05, 0.1) is 23.0 Å². The third kappa shape index (κ3) is 4.21. The lowest BCUT2D eigenvalue weighted by Crippen LogP contribution is -2.36. The number of rotatable bonds is 5. The molecule has 2 aliphatic rings. The zero-order valence-corrected chi connectivity index (χ0v) is 16.7. The van der Waals surface area contributed by atoms with Crippen LogP contribution in [0.2, 0.25) is 0 Å². The molecule has 0 unspecified atom stereocenters. The van der Waals surface area contributed by atoms with Crippen LogP contribution in [0.4, 0.5) is 0 Å². The molecule has 2 aromatic rings. The lowest BCUT2D eigenvalue weighted by Gasteiger charge is -2.15. The van der Waals surface area contributed by atoms with Crippen molar-refractivity contribution in [2.24, 2.45) is 0 Å². The van der Waals surface area contributed by atoms with Gasteiger partial charge in [0.1, 0.15) is 0 Å². The van der Waals surface area contributed by atoms with Gasteiger partial charge in [-0.1, -0.05) is 30.0 Å². The quantitative estimate of drug-likeness (QED) is 0.771. The lowest BCUT2D eigenvalue weighted by molar-refractivity contribution is -0.119. The van der Waals surface area contributed by atoms with Crippen molar-refractivity contribution in [3.63, 3.8) is 0 Å². The Hall–Kier alpha value is -1.80. The van der Waals surface area contributed by atoms with E-state index in [1.54, 1.807) is 0 Å². The van der Waals surface area contributed by atoms with Gasteiger partial charge < -0.3 is 5.32 Å². The number of thioether (sulfide) groups is 1. The number of fused-ring (bicyclic) bond motifs is 1. The summed E-state index contributed by atoms with van der Waals surface area (Å²) >= 11 is 1.42. The Labute approximate surface area is 163 Å². The molecule has 1 atom stereocenters. The van der Waals surface area contributed by atoms with Crippen LogP contribution >= 0.6 is 11.8 Å². The first-order chi connectivity index (χ1) is 13.0. The van der Waals surface area contributed by atoms with Crippen molar-refractivity contribution >= 4 is 27.5 Å². The summed E-state index contributed by atoms with van der Waals surface area (Å²) in [7, 11) is -2.99. The van der Waals surface area contributed by atoms with Gasteiger partial charge in [0.2, 0.25) is 5.91 Å². The van der Waals surface area contributed by atoms with Gasteiger partial charge in [-0.3, -0.25) is 9.36 Å². The summed E-state index contributed by atoms with van der Waals surface area (Å²) in [6.07, 6.45) is 4.80. The lowest BCUT2D eigenvalue weighted by atomic mass is 10.0. The number of amides is 1. The summed E-state index contributed by atoms with van der Waals surface area (Å²) in [6, 6.07) is 9.86. The molecule has 1 N–H and O–H groups in total. The monoisotopic (exact) mass is 405 g/mol. The maximum Gasteiger partial charge on any atom is 0.230 e. The summed E-state index contributed by atoms with van der Waals surface area (Å²) in [5.41, 5.74) is 3.45. The Morgan fingerprint density at radius 1 is 1.22 bits per heavy atom. The van der Waals surface area contributed by atoms with Crippen LogP contribution in [0.15, 0.2) is 35.5 Å². The van der Waals surface area contributed by atoms with Crippen molar-refractivity contribution in [1.29, 1.82) is 0 Å². The summed E-state index contributed by atoms with van der Waals surface area (Å²) in [5, 5.41) is 3.69. The molecular weight excluding hydrogens is 382 g/mol. The minimum absolute atomic E-state index is 0.0519. The SMILES string of the molecule is O=C(CSc1nc2c(n1-c1ccccc1)CCCC2)N[C@@H]1CCS(=O)(=O)C1. The van der Waals surface area contributed by atoms with Crippen molar-refractivity contribution in [1.82, 2.24) is 14.9 Å². The molecular formula is C19H23N3O3S2. The summed E-state index contributed by atoms with van der Waals surface area (Å²) < 4.78 is 25.3. The summed E-state index contributed by atoms with van der Waals surface area (Å²) in [6.45, 7) is 0. The number of aryl methyl sites for hydroxylation is 1. The third-order valence-electron chi connectivity index (χ3n) is 5.05. The van der Waals surface area contributed by atoms with Gasteiger partial charge in [0.15, 0.2) is 15.0 Å². The van der Waals surface area contributed by atoms with Crippen molar-refractivity contribution in [3.8, 4) is 5.69 Å². The summed E-state index contributed by atoms with van der Waals surface area (Å²) in [5.74, 6) is 0.314. The Balaban J connectivity index is 1.49. The van der Waals surface area contributed by atoms with E-state index in [2.05, 4.69) is 22.0 Å². The van der Waals surface area contributed by atoms with Crippen LogP contribution in [-0.2, 0) is 27.5 Å². The number of nitrogens with one attached hydrogen (secondary N) is 1. The van der Waals surface area contributed by atoms with Crippen molar-refractivity contribution in [2.45, 2.75) is 43.3 Å². The van der Waals surface area contributed by atoms with Gasteiger partial charge in [0.25, 0.3) is 0 Å². The van der Waals surface area contributed by atoms with Crippen molar-refractivity contribution in [3.05, 3.63) is 41.7 Å². The molecule has 0 spiro atoms. The van der Waals surface area contributed by atoms with E-state index < -0.39 is 9.84 Å². The number of para-hydroxylation sites is 1. The first-order valence-corrected chi connectivity index (χ1v) is 12.1. The molecule has 1 aliphatic carbocycles. The fraction of sp³-hybridized carbons (Fsp3) is 0.474. The van der Waals surface area contributed by atoms with E-state index in [9.17, 15) is 13.2 Å². The number of hydrogen-bond donors (Lipinski definition) is 1. The predicted molar refractivity (Wildman–Crippen MR) is 106 cm³/mol. The molecule has 0 radical (unpaired) electrons. The minimum atomic E-state index is -2.99. The van der Waals surface area contributed by atoms with Gasteiger partial charge in [-0.25, -0.2) is 13.4 Å². The van der Waals surface area contributed by atoms with Crippen molar-refractivity contribution in [2.75, 3.05) is 17.3 Å². The molecule has 1 amide bonds. The highest BCUT2D eigenvalue weighted by Crippen LogP contribution is 2.30. The molecule has 8 heteroatoms. The highest BCUT2D eigenvalue weighted by molar-refractivity contribution is 7.99. The topological polar surface area (TPSA) is 81.1 Å². The zero-order chi connectivity index (χ0) is 18.9. The molecule has 1 fully saturated rings. The van der Waals surface area contributed by atoms with E-state index in [1.165, 1.54) is 17.5 Å². The number of hydrogen-bond acceptors (Lipinski definition) is 5. The van der Waals surface area contributed by atoms with E-state index in [1.807, 2.05) is 18.2 Å². The van der Waals surface area contributed by atoms with Gasteiger partial charge >= 0.3 is 0 Å². The maximum absolute atomic E-state index is 12.3. The average molecular weight is 406 g/mol. The number of carbonyl (C=O) groups excluding carboxylic acids is 1. The van der Waals surface area contributed by atoms with Gasteiger partial charge in [-0.15, -0.1) is 0 Å². The molecule has 0 bridgehead atoms. The number of aromatic nitrogens is 2. The number of benzene rings is 1. The number of sulfone groups is 1. The van der Waals surface area contributed by atoms with E-state index >= 15 is 0 Å². The molecule has 1 aromatic carbocycles. The molecule has 6 nitrogen and oxygen atoms in total. The third-order valence-corrected chi connectivity index (χ3v) is 7.75. The second-order valence-electron chi connectivity index (χ2n) is 7.12. The Bertz CT molecular complexity index is 939. The van der Waals surface area contributed by atoms with Crippen LogP contribution in [0.25, 0.3) is 5.69 Å². The van der Waals surface area contributed by atoms with Crippen LogP contribution < -0.4 is 5.32 Å². The van der Waals surface area contributed by atoms with Crippen LogP contribution in [0.3, 0.4) is 0 Å². The minimum Gasteiger partial charge on any atom is -0.352 e. The maximum atomic E-state index is 12.3. The first-order valence-electron chi connectivity index (χ1n) is 9.30. The number of imidazole rings is 1. The number of carbonyl (C=O) groups is 1. The van der Waals surface area contributed by atoms with Crippen LogP contribution in [0.1, 0.15) is 30.7 Å². The van der Waals surface area contributed by atoms with Crippen LogP contribution in [-0.4, -0.2) is 47.2 Å². The highest BCUT2D eigenvalue weighted by atomic mass is 32.2. The Morgan fingerprint density at radius 3 is 2.74 bits per heavy atom. The Kier molecular flexibility index (Phi) is 5.27. The van der Waals surface area contributed by atoms with E-state index in [-0.39, 0.29) is 29.2 Å². The first kappa shape index (κ1) is 18.6. The van der Waals surface area contributed by atoms with Crippen LogP contribution in [0.5, 0.6) is 0 Å². The molecule has 144 valence electrons. The van der Waals surface area contributed by atoms with E-state index in [0.29, 0.717) is 6.42 Å². The normalized spacial score (nSPS) is 21.0. The fourth-order valence-corrected chi connectivity index (χ4v) is 6.30. The highest BCUT2D eigenvalue weighted by Gasteiger charge is 2.29. The molecule has 4 rings (SSSR count). The zero-order valence-electron chi connectivity index (χ0n) is 15.1. The van der Waals surface area contributed by atoms with E-state index in [0.717, 1.165) is 42.2 Å². The standard InChI is InChI=1S/C19H23N3O3S2/c23-18(20-14-10-11-27(24,25)13-14)12-26-19-21-16-8-4-5-9-17(16)22(19)15-6-2-1-3-7-15/h1-3,6-7,14H,4-5,8-13H2,(H,20,23)/t14-/m1/s1. The molecule has 0 saturated carbocycles. The number of nitrogens with zero attached hydrogens (tertiary/aromatic N) is 2. The molecule has 1 aromatic heterocycles. The van der Waals surface area contributed by atoms with Crippen LogP contribution in [0, 0.1) is 0 Å². The fourth-order valence-electron chi connectivity index (χ4n) is 3.76. The van der Waals surface area contributed by atoms with Crippen molar-refractivity contribution < 1.29 is 13.2 Å². The average Bonchev–Trinajstić information content (AvgIpc) is 3.20. The van der Waals surface area contributed by atoms with Gasteiger partial charge in [-0.05, 0) is 44.2 Å². The van der Waals surface area contributed by atoms with Gasteiger partial charge in [0, 0.05) is 17.4 Å². The predicted octanol–water partition coefficient (Wildman–Crippen LogP) is 2.15. The smallest absolute Gasteiger partial charge is 0.230 e. The largest absolute Gasteiger partial charge is 0.352 e. The molecule has 1 aliphatic heterocycles. The summed E-state index contributed by atoms with van der Waals surface area (Å²) in [4.78, 5) is 17.1. The second kappa shape index (κ2) is 7.67. The van der Waals surface area contributed by atoms with E-state index in [4.69, 9.17) is 4.98 Å². The molecule has 27 heavy (non-hydrogen) atoms. The van der Waals surface area contributed by atoms with Gasteiger partial charge in [-0.2, -0.15) is 0 Å². The molecule has 1 saturated heterocycles. The molecule has 2 heterocycles.